The molecular weight excluding hydrogens is 372 g/mol. The molecule has 1 atom stereocenters. The molecule has 1 aliphatic rings. The molecule has 1 heterocycles. The Morgan fingerprint density at radius 1 is 1.38 bits per heavy atom. The number of aryl methyl sites for hydroxylation is 1. The second kappa shape index (κ2) is 7.69. The van der Waals surface area contributed by atoms with Gasteiger partial charge in [-0.3, -0.25) is 9.69 Å². The van der Waals surface area contributed by atoms with Gasteiger partial charge in [0.15, 0.2) is 0 Å². The Morgan fingerprint density at radius 2 is 2.04 bits per heavy atom. The summed E-state index contributed by atoms with van der Waals surface area (Å²) in [6.07, 6.45) is -0.468. The molecule has 1 N–H and O–H groups in total. The Hall–Kier alpha value is -1.40. The second-order valence-electron chi connectivity index (χ2n) is 7.98. The summed E-state index contributed by atoms with van der Waals surface area (Å²) in [5.41, 5.74) is 1.29. The third kappa shape index (κ3) is 4.86. The van der Waals surface area contributed by atoms with E-state index in [1.807, 2.05) is 53.7 Å². The molecule has 0 aromatic heterocycles. The van der Waals surface area contributed by atoms with Gasteiger partial charge in [-0.25, -0.2) is 4.79 Å². The van der Waals surface area contributed by atoms with Crippen LogP contribution in [-0.4, -0.2) is 39.2 Å². The van der Waals surface area contributed by atoms with Gasteiger partial charge in [0.1, 0.15) is 11.6 Å². The van der Waals surface area contributed by atoms with Gasteiger partial charge in [-0.2, -0.15) is 0 Å². The number of halogens is 1. The van der Waals surface area contributed by atoms with Gasteiger partial charge in [0, 0.05) is 16.3 Å². The topological polar surface area (TPSA) is 58.6 Å². The highest BCUT2D eigenvalue weighted by atomic mass is 35.5. The van der Waals surface area contributed by atoms with E-state index in [1.54, 1.807) is 17.8 Å². The molecule has 0 spiro atoms. The minimum absolute atomic E-state index is 0.204. The number of carbonyl (C=O) groups excluding carboxylic acids is 2. The summed E-state index contributed by atoms with van der Waals surface area (Å²) in [7, 11) is 0. The van der Waals surface area contributed by atoms with Gasteiger partial charge in [0.25, 0.3) is 0 Å². The van der Waals surface area contributed by atoms with Crippen LogP contribution >= 0.6 is 23.4 Å². The Bertz CT molecular complexity index is 680. The van der Waals surface area contributed by atoms with Crippen molar-refractivity contribution in [3.63, 3.8) is 0 Å². The number of amides is 2. The smallest absolute Gasteiger partial charge is 0.411 e. The third-order valence-corrected chi connectivity index (χ3v) is 5.94. The number of thioether (sulfide) groups is 1. The van der Waals surface area contributed by atoms with E-state index in [2.05, 4.69) is 5.32 Å². The van der Waals surface area contributed by atoms with Gasteiger partial charge in [0.2, 0.25) is 5.91 Å². The second-order valence-corrected chi connectivity index (χ2v) is 9.99. The first-order valence-electron chi connectivity index (χ1n) is 8.57. The highest BCUT2D eigenvalue weighted by molar-refractivity contribution is 8.00. The van der Waals surface area contributed by atoms with E-state index >= 15 is 0 Å². The fourth-order valence-electron chi connectivity index (χ4n) is 2.86. The molecule has 0 aliphatic carbocycles. The van der Waals surface area contributed by atoms with Crippen LogP contribution in [0.1, 0.15) is 45.7 Å². The van der Waals surface area contributed by atoms with Crippen LogP contribution in [0.15, 0.2) is 18.2 Å². The maximum absolute atomic E-state index is 12.9. The average molecular weight is 399 g/mol. The van der Waals surface area contributed by atoms with Gasteiger partial charge < -0.3 is 10.1 Å². The van der Waals surface area contributed by atoms with E-state index in [4.69, 9.17) is 16.3 Å². The summed E-state index contributed by atoms with van der Waals surface area (Å²) in [6, 6.07) is 5.03. The molecule has 0 radical (unpaired) electrons. The number of hydrogen-bond donors (Lipinski definition) is 1. The number of rotatable bonds is 3. The fourth-order valence-corrected chi connectivity index (χ4v) is 4.27. The van der Waals surface area contributed by atoms with Crippen LogP contribution in [0.25, 0.3) is 0 Å². The lowest BCUT2D eigenvalue weighted by molar-refractivity contribution is -0.126. The first-order valence-corrected chi connectivity index (χ1v) is 9.94. The minimum atomic E-state index is -0.607. The van der Waals surface area contributed by atoms with Crippen molar-refractivity contribution in [3.8, 4) is 0 Å². The summed E-state index contributed by atoms with van der Waals surface area (Å²) < 4.78 is 5.06. The van der Waals surface area contributed by atoms with Crippen molar-refractivity contribution >= 4 is 35.4 Å². The van der Waals surface area contributed by atoms with Crippen LogP contribution in [0.2, 0.25) is 5.02 Å². The Balaban J connectivity index is 2.14. The maximum Gasteiger partial charge on any atom is 0.411 e. The van der Waals surface area contributed by atoms with E-state index < -0.39 is 22.5 Å². The summed E-state index contributed by atoms with van der Waals surface area (Å²) in [5.74, 6) is 0.218. The molecular formula is C19H27ClN2O3S. The lowest BCUT2D eigenvalue weighted by Crippen LogP contribution is -2.54. The molecule has 1 aromatic carbocycles. The Kier molecular flexibility index (Phi) is 6.18. The molecule has 0 saturated carbocycles. The van der Waals surface area contributed by atoms with Crippen molar-refractivity contribution in [1.29, 1.82) is 0 Å². The molecule has 1 saturated heterocycles. The van der Waals surface area contributed by atoms with Crippen LogP contribution in [0, 0.1) is 6.92 Å². The monoisotopic (exact) mass is 398 g/mol. The van der Waals surface area contributed by atoms with Gasteiger partial charge in [-0.05, 0) is 58.7 Å². The summed E-state index contributed by atoms with van der Waals surface area (Å²) in [5, 5.41) is 3.56. The SMILES string of the molecule is Cc1cccc(Cl)c1CNC(=O)[C@H]1N(C(=O)OC(C)(C)C)CSC1(C)C. The molecule has 5 nitrogen and oxygen atoms in total. The molecule has 0 bridgehead atoms. The zero-order valence-corrected chi connectivity index (χ0v) is 17.8. The number of hydrogen-bond acceptors (Lipinski definition) is 4. The lowest BCUT2D eigenvalue weighted by Gasteiger charge is -2.31. The maximum atomic E-state index is 12.9. The van der Waals surface area contributed by atoms with Gasteiger partial charge in [-0.1, -0.05) is 23.7 Å². The average Bonchev–Trinajstić information content (AvgIpc) is 2.80. The number of benzene rings is 1. The zero-order chi connectivity index (χ0) is 19.7. The molecule has 1 fully saturated rings. The highest BCUT2D eigenvalue weighted by Gasteiger charge is 2.49. The molecule has 144 valence electrons. The first-order chi connectivity index (χ1) is 11.9. The van der Waals surface area contributed by atoms with Crippen molar-refractivity contribution < 1.29 is 14.3 Å². The van der Waals surface area contributed by atoms with E-state index in [0.29, 0.717) is 17.4 Å². The number of nitrogens with one attached hydrogen (secondary N) is 1. The van der Waals surface area contributed by atoms with Gasteiger partial charge in [0.05, 0.1) is 5.88 Å². The largest absolute Gasteiger partial charge is 0.444 e. The molecule has 0 unspecified atom stereocenters. The summed E-state index contributed by atoms with van der Waals surface area (Å²) in [4.78, 5) is 27.0. The summed E-state index contributed by atoms with van der Waals surface area (Å²) in [6.45, 7) is 11.6. The molecule has 7 heteroatoms. The standard InChI is InChI=1S/C19H27ClN2O3S/c1-12-8-7-9-14(20)13(12)10-21-16(23)15-19(5,6)26-11-22(15)17(24)25-18(2,3)4/h7-9,15H,10-11H2,1-6H3,(H,21,23)/t15-/m1/s1. The molecule has 2 amide bonds. The van der Waals surface area contributed by atoms with Crippen molar-refractivity contribution in [2.75, 3.05) is 5.88 Å². The molecule has 1 aliphatic heterocycles. The molecule has 26 heavy (non-hydrogen) atoms. The third-order valence-electron chi connectivity index (χ3n) is 4.21. The summed E-state index contributed by atoms with van der Waals surface area (Å²) >= 11 is 7.81. The van der Waals surface area contributed by atoms with Crippen LogP contribution in [0.3, 0.4) is 0 Å². The van der Waals surface area contributed by atoms with Crippen molar-refractivity contribution in [1.82, 2.24) is 10.2 Å². The van der Waals surface area contributed by atoms with Crippen molar-refractivity contribution in [2.24, 2.45) is 0 Å². The van der Waals surface area contributed by atoms with Crippen LogP contribution < -0.4 is 5.32 Å². The predicted octanol–water partition coefficient (Wildman–Crippen LogP) is 4.35. The number of ether oxygens (including phenoxy) is 1. The number of nitrogens with zero attached hydrogens (tertiary/aromatic N) is 1. The highest BCUT2D eigenvalue weighted by Crippen LogP contribution is 2.40. The fraction of sp³-hybridized carbons (Fsp3) is 0.579. The predicted molar refractivity (Wildman–Crippen MR) is 106 cm³/mol. The van der Waals surface area contributed by atoms with Gasteiger partial charge in [-0.15, -0.1) is 11.8 Å². The van der Waals surface area contributed by atoms with Crippen LogP contribution in [0.4, 0.5) is 4.79 Å². The van der Waals surface area contributed by atoms with Crippen LogP contribution in [0.5, 0.6) is 0 Å². The van der Waals surface area contributed by atoms with Crippen LogP contribution in [-0.2, 0) is 16.1 Å². The van der Waals surface area contributed by atoms with E-state index in [0.717, 1.165) is 11.1 Å². The molecule has 1 aromatic rings. The first kappa shape index (κ1) is 20.9. The van der Waals surface area contributed by atoms with Crippen molar-refractivity contribution in [3.05, 3.63) is 34.3 Å². The quantitative estimate of drug-likeness (QED) is 0.822. The zero-order valence-electron chi connectivity index (χ0n) is 16.2. The van der Waals surface area contributed by atoms with E-state index in [1.165, 1.54) is 4.90 Å². The molecule has 2 rings (SSSR count). The Labute approximate surface area is 164 Å². The minimum Gasteiger partial charge on any atom is -0.444 e. The van der Waals surface area contributed by atoms with Gasteiger partial charge >= 0.3 is 6.09 Å². The van der Waals surface area contributed by atoms with Crippen molar-refractivity contribution in [2.45, 2.75) is 64.5 Å². The Morgan fingerprint density at radius 3 is 2.62 bits per heavy atom. The normalized spacial score (nSPS) is 19.3. The van der Waals surface area contributed by atoms with E-state index in [-0.39, 0.29) is 5.91 Å². The number of carbonyl (C=O) groups is 2. The lowest BCUT2D eigenvalue weighted by atomic mass is 10.0. The van der Waals surface area contributed by atoms with E-state index in [9.17, 15) is 9.59 Å².